The van der Waals surface area contributed by atoms with Crippen molar-refractivity contribution in [1.29, 1.82) is 0 Å². The maximum atomic E-state index is 5.78. The number of rotatable bonds is 9. The number of aliphatic imine (C=N–C) groups is 1. The first-order valence-corrected chi connectivity index (χ1v) is 10.4. The summed E-state index contributed by atoms with van der Waals surface area (Å²) in [6.07, 6.45) is 6.11. The maximum absolute atomic E-state index is 5.78. The predicted molar refractivity (Wildman–Crippen MR) is 112 cm³/mol. The molecule has 1 aliphatic carbocycles. The number of anilines is 1. The van der Waals surface area contributed by atoms with Crippen LogP contribution in [0.3, 0.4) is 0 Å². The summed E-state index contributed by atoms with van der Waals surface area (Å²) in [7, 11) is 0. The van der Waals surface area contributed by atoms with Crippen LogP contribution in [0.1, 0.15) is 31.4 Å². The van der Waals surface area contributed by atoms with Gasteiger partial charge in [0.15, 0.2) is 17.5 Å². The molecule has 1 fully saturated rings. The van der Waals surface area contributed by atoms with E-state index >= 15 is 0 Å². The van der Waals surface area contributed by atoms with E-state index in [0.29, 0.717) is 25.7 Å². The average molecular weight is 399 g/mol. The van der Waals surface area contributed by atoms with Gasteiger partial charge in [-0.1, -0.05) is 0 Å². The van der Waals surface area contributed by atoms with Gasteiger partial charge < -0.3 is 29.3 Å². The molecule has 1 aromatic carbocycles. The van der Waals surface area contributed by atoms with Gasteiger partial charge in [-0.3, -0.25) is 0 Å². The number of furan rings is 1. The molecule has 29 heavy (non-hydrogen) atoms. The van der Waals surface area contributed by atoms with Crippen molar-refractivity contribution < 1.29 is 18.6 Å². The van der Waals surface area contributed by atoms with Gasteiger partial charge in [-0.2, -0.15) is 0 Å². The molecule has 0 bridgehead atoms. The molecule has 1 saturated carbocycles. The summed E-state index contributed by atoms with van der Waals surface area (Å²) >= 11 is 0. The van der Waals surface area contributed by atoms with Crippen molar-refractivity contribution >= 4 is 11.6 Å². The van der Waals surface area contributed by atoms with E-state index < -0.39 is 0 Å². The number of nitrogens with one attached hydrogen (secondary N) is 2. The van der Waals surface area contributed by atoms with Crippen molar-refractivity contribution in [3.05, 3.63) is 42.4 Å². The van der Waals surface area contributed by atoms with Crippen LogP contribution in [0.25, 0.3) is 0 Å². The number of hydrogen-bond donors (Lipinski definition) is 2. The van der Waals surface area contributed by atoms with E-state index in [0.717, 1.165) is 61.5 Å². The number of benzene rings is 1. The number of ether oxygens (including phenoxy) is 3. The minimum Gasteiger partial charge on any atom is -0.490 e. The van der Waals surface area contributed by atoms with Crippen LogP contribution in [-0.4, -0.2) is 38.9 Å². The van der Waals surface area contributed by atoms with Crippen molar-refractivity contribution in [2.24, 2.45) is 10.9 Å². The smallest absolute Gasteiger partial charge is 0.196 e. The summed E-state index contributed by atoms with van der Waals surface area (Å²) in [5.41, 5.74) is 0.893. The van der Waals surface area contributed by atoms with Crippen molar-refractivity contribution in [2.45, 2.75) is 32.2 Å². The van der Waals surface area contributed by atoms with E-state index in [-0.39, 0.29) is 0 Å². The van der Waals surface area contributed by atoms with Gasteiger partial charge in [-0.15, -0.1) is 0 Å². The van der Waals surface area contributed by atoms with Gasteiger partial charge in [-0.25, -0.2) is 4.99 Å². The van der Waals surface area contributed by atoms with Crippen molar-refractivity contribution in [2.75, 3.05) is 38.3 Å². The third-order valence-electron chi connectivity index (χ3n) is 4.79. The minimum absolute atomic E-state index is 0.463. The Balaban J connectivity index is 1.33. The Morgan fingerprint density at radius 3 is 2.86 bits per heavy atom. The van der Waals surface area contributed by atoms with Crippen LogP contribution in [0.15, 0.2) is 46.0 Å². The lowest BCUT2D eigenvalue weighted by Crippen LogP contribution is -2.32. The summed E-state index contributed by atoms with van der Waals surface area (Å²) in [5.74, 6) is 3.85. The van der Waals surface area contributed by atoms with Crippen LogP contribution in [0.5, 0.6) is 11.5 Å². The molecule has 0 spiro atoms. The van der Waals surface area contributed by atoms with E-state index in [1.54, 1.807) is 6.26 Å². The first-order valence-electron chi connectivity index (χ1n) is 10.4. The Bertz CT molecular complexity index is 787. The standard InChI is InChI=1S/C22H29N3O4/c1-4-19(27-11-1)15-24-22(23-9-2-10-26-16-17-5-6-17)25-18-7-8-20-21(14-18)29-13-3-12-28-20/h1,4,7-8,11,14,17H,2-3,5-6,9-10,12-13,15-16H2,(H2,23,24,25). The Morgan fingerprint density at radius 2 is 2.03 bits per heavy atom. The third-order valence-corrected chi connectivity index (χ3v) is 4.79. The molecule has 1 aliphatic heterocycles. The Labute approximate surface area is 171 Å². The highest BCUT2D eigenvalue weighted by atomic mass is 16.5. The molecule has 0 radical (unpaired) electrons. The van der Waals surface area contributed by atoms with Crippen molar-refractivity contribution in [3.8, 4) is 11.5 Å². The first kappa shape index (κ1) is 19.6. The third kappa shape index (κ3) is 6.42. The van der Waals surface area contributed by atoms with Gasteiger partial charge in [0.2, 0.25) is 0 Å². The van der Waals surface area contributed by atoms with Crippen molar-refractivity contribution in [1.82, 2.24) is 5.32 Å². The molecule has 0 saturated heterocycles. The van der Waals surface area contributed by atoms with Crippen LogP contribution in [0, 0.1) is 5.92 Å². The fourth-order valence-electron chi connectivity index (χ4n) is 2.99. The molecule has 0 unspecified atom stereocenters. The molecule has 2 aliphatic rings. The van der Waals surface area contributed by atoms with E-state index in [9.17, 15) is 0 Å². The minimum atomic E-state index is 0.463. The summed E-state index contributed by atoms with van der Waals surface area (Å²) in [5, 5.41) is 6.72. The molecule has 2 N–H and O–H groups in total. The topological polar surface area (TPSA) is 77.3 Å². The molecule has 2 heterocycles. The van der Waals surface area contributed by atoms with Crippen LogP contribution in [-0.2, 0) is 11.3 Å². The monoisotopic (exact) mass is 399 g/mol. The highest BCUT2D eigenvalue weighted by Crippen LogP contribution is 2.32. The van der Waals surface area contributed by atoms with Crippen LogP contribution >= 0.6 is 0 Å². The molecular formula is C22H29N3O4. The Kier molecular flexibility index (Phi) is 6.91. The van der Waals surface area contributed by atoms with E-state index in [1.807, 2.05) is 30.3 Å². The second kappa shape index (κ2) is 10.2. The molecule has 2 aromatic rings. The second-order valence-corrected chi connectivity index (χ2v) is 7.38. The van der Waals surface area contributed by atoms with Gasteiger partial charge in [-0.05, 0) is 49.4 Å². The molecular weight excluding hydrogens is 370 g/mol. The first-order chi connectivity index (χ1) is 14.4. The van der Waals surface area contributed by atoms with E-state index in [1.165, 1.54) is 12.8 Å². The fourth-order valence-corrected chi connectivity index (χ4v) is 2.99. The average Bonchev–Trinajstić information content (AvgIpc) is 3.47. The van der Waals surface area contributed by atoms with E-state index in [4.69, 9.17) is 18.6 Å². The number of guanidine groups is 1. The molecule has 0 amide bonds. The summed E-state index contributed by atoms with van der Waals surface area (Å²) in [4.78, 5) is 4.64. The summed E-state index contributed by atoms with van der Waals surface area (Å²) < 4.78 is 22.6. The normalized spacial score (nSPS) is 16.3. The number of fused-ring (bicyclic) bond motifs is 1. The lowest BCUT2D eigenvalue weighted by Gasteiger charge is -2.14. The number of nitrogens with zero attached hydrogens (tertiary/aromatic N) is 1. The zero-order valence-corrected chi connectivity index (χ0v) is 16.7. The molecule has 7 heteroatoms. The summed E-state index contributed by atoms with van der Waals surface area (Å²) in [6.45, 7) is 4.24. The lowest BCUT2D eigenvalue weighted by molar-refractivity contribution is 0.123. The van der Waals surface area contributed by atoms with E-state index in [2.05, 4.69) is 15.6 Å². The van der Waals surface area contributed by atoms with Crippen molar-refractivity contribution in [3.63, 3.8) is 0 Å². The highest BCUT2D eigenvalue weighted by molar-refractivity contribution is 5.93. The zero-order chi connectivity index (χ0) is 19.7. The maximum Gasteiger partial charge on any atom is 0.196 e. The molecule has 156 valence electrons. The van der Waals surface area contributed by atoms with Gasteiger partial charge >= 0.3 is 0 Å². The highest BCUT2D eigenvalue weighted by Gasteiger charge is 2.20. The SMILES string of the molecule is c1coc(CN=C(NCCCOCC2CC2)Nc2ccc3c(c2)OCCCO3)c1. The largest absolute Gasteiger partial charge is 0.490 e. The van der Waals surface area contributed by atoms with Gasteiger partial charge in [0.1, 0.15) is 12.3 Å². The Morgan fingerprint density at radius 1 is 1.14 bits per heavy atom. The lowest BCUT2D eigenvalue weighted by atomic mass is 10.2. The number of hydrogen-bond acceptors (Lipinski definition) is 5. The summed E-state index contributed by atoms with van der Waals surface area (Å²) in [6, 6.07) is 9.63. The second-order valence-electron chi connectivity index (χ2n) is 7.38. The van der Waals surface area contributed by atoms with Crippen LogP contribution in [0.2, 0.25) is 0 Å². The van der Waals surface area contributed by atoms with Gasteiger partial charge in [0.25, 0.3) is 0 Å². The quantitative estimate of drug-likeness (QED) is 0.379. The molecule has 0 atom stereocenters. The molecule has 4 rings (SSSR count). The molecule has 7 nitrogen and oxygen atoms in total. The predicted octanol–water partition coefficient (Wildman–Crippen LogP) is 3.82. The molecule has 1 aromatic heterocycles. The van der Waals surface area contributed by atoms with Gasteiger partial charge in [0.05, 0.1) is 19.5 Å². The Hall–Kier alpha value is -2.67. The van der Waals surface area contributed by atoms with Crippen LogP contribution < -0.4 is 20.1 Å². The van der Waals surface area contributed by atoms with Crippen LogP contribution in [0.4, 0.5) is 5.69 Å². The van der Waals surface area contributed by atoms with Gasteiger partial charge in [0, 0.05) is 37.9 Å². The zero-order valence-electron chi connectivity index (χ0n) is 16.7. The fraction of sp³-hybridized carbons (Fsp3) is 0.500.